The summed E-state index contributed by atoms with van der Waals surface area (Å²) in [6, 6.07) is -0.710. The zero-order chi connectivity index (χ0) is 10.4. The molecule has 3 amide bonds. The monoisotopic (exact) mass is 208 g/mol. The zero-order valence-electron chi connectivity index (χ0n) is 7.04. The number of nitrogens with zero attached hydrogens (tertiary/aromatic N) is 2. The first-order valence-electron chi connectivity index (χ1n) is 3.36. The normalized spacial score (nSPS) is 24.5. The van der Waals surface area contributed by atoms with Crippen molar-refractivity contribution in [1.82, 2.24) is 9.80 Å². The van der Waals surface area contributed by atoms with Crippen molar-refractivity contribution in [3.63, 3.8) is 0 Å². The van der Waals surface area contributed by atoms with E-state index in [1.807, 2.05) is 0 Å². The first-order valence-corrected chi connectivity index (χ1v) is 5.04. The molecule has 1 rings (SSSR count). The van der Waals surface area contributed by atoms with Crippen LogP contribution in [0.3, 0.4) is 0 Å². The van der Waals surface area contributed by atoms with E-state index in [0.717, 1.165) is 4.90 Å². The number of amides is 3. The molecule has 0 aromatic rings. The van der Waals surface area contributed by atoms with Crippen LogP contribution in [0.4, 0.5) is 4.79 Å². The second kappa shape index (κ2) is 2.80. The SMILES string of the molecule is CN1C(=O)C(P(=O)(O)O)N(C)C1=O. The van der Waals surface area contributed by atoms with E-state index < -0.39 is 25.3 Å². The van der Waals surface area contributed by atoms with Crippen molar-refractivity contribution in [3.05, 3.63) is 0 Å². The molecule has 1 unspecified atom stereocenters. The standard InChI is InChI=1S/C5H9N2O5P/c1-6-3(8)4(13(10,11)12)7(2)5(6)9/h4H,1-2H3,(H2,10,11,12). The highest BCUT2D eigenvalue weighted by molar-refractivity contribution is 7.53. The molecular formula is C5H9N2O5P. The maximum absolute atomic E-state index is 11.1. The third-order valence-corrected chi connectivity index (χ3v) is 3.03. The van der Waals surface area contributed by atoms with Crippen LogP contribution in [0, 0.1) is 0 Å². The zero-order valence-corrected chi connectivity index (χ0v) is 7.93. The Morgan fingerprint density at radius 2 is 1.77 bits per heavy atom. The van der Waals surface area contributed by atoms with Gasteiger partial charge in [-0.2, -0.15) is 0 Å². The molecule has 1 saturated heterocycles. The van der Waals surface area contributed by atoms with Crippen molar-refractivity contribution >= 4 is 19.5 Å². The summed E-state index contributed by atoms with van der Waals surface area (Å²) in [6.45, 7) is 0. The van der Waals surface area contributed by atoms with Gasteiger partial charge >= 0.3 is 13.6 Å². The summed E-state index contributed by atoms with van der Waals surface area (Å²) in [5.74, 6) is -2.54. The summed E-state index contributed by atoms with van der Waals surface area (Å²) in [6.07, 6.45) is 0. The van der Waals surface area contributed by atoms with Crippen molar-refractivity contribution < 1.29 is 23.9 Å². The lowest BCUT2D eigenvalue weighted by atomic mass is 10.6. The minimum absolute atomic E-state index is 0.684. The predicted molar refractivity (Wildman–Crippen MR) is 41.8 cm³/mol. The van der Waals surface area contributed by atoms with Crippen LogP contribution < -0.4 is 0 Å². The van der Waals surface area contributed by atoms with Crippen LogP contribution in [0.2, 0.25) is 0 Å². The molecule has 1 aliphatic heterocycles. The summed E-state index contributed by atoms with van der Waals surface area (Å²) < 4.78 is 10.8. The average Bonchev–Trinajstić information content (AvgIpc) is 2.14. The van der Waals surface area contributed by atoms with Crippen molar-refractivity contribution in [1.29, 1.82) is 0 Å². The second-order valence-corrected chi connectivity index (χ2v) is 4.42. The van der Waals surface area contributed by atoms with Gasteiger partial charge in [0, 0.05) is 14.1 Å². The minimum atomic E-state index is -4.59. The number of rotatable bonds is 1. The lowest BCUT2D eigenvalue weighted by molar-refractivity contribution is -0.125. The van der Waals surface area contributed by atoms with Crippen molar-refractivity contribution in [2.75, 3.05) is 14.1 Å². The lowest BCUT2D eigenvalue weighted by Crippen LogP contribution is -2.30. The van der Waals surface area contributed by atoms with Gasteiger partial charge in [-0.3, -0.25) is 14.3 Å². The Kier molecular flexibility index (Phi) is 2.19. The first kappa shape index (κ1) is 10.2. The molecule has 13 heavy (non-hydrogen) atoms. The quantitative estimate of drug-likeness (QED) is 0.426. The molecule has 0 aromatic carbocycles. The van der Waals surface area contributed by atoms with Gasteiger partial charge in [0.25, 0.3) is 5.91 Å². The van der Waals surface area contributed by atoms with Crippen molar-refractivity contribution in [2.45, 2.75) is 5.78 Å². The fourth-order valence-electron chi connectivity index (χ4n) is 1.14. The predicted octanol–water partition coefficient (Wildman–Crippen LogP) is -0.986. The molecule has 1 heterocycles. The Morgan fingerprint density at radius 1 is 1.31 bits per heavy atom. The van der Waals surface area contributed by atoms with E-state index in [0.29, 0.717) is 4.90 Å². The molecule has 0 aliphatic carbocycles. The summed E-state index contributed by atoms with van der Waals surface area (Å²) >= 11 is 0. The molecule has 0 spiro atoms. The van der Waals surface area contributed by atoms with Gasteiger partial charge in [0.15, 0.2) is 0 Å². The number of imide groups is 1. The van der Waals surface area contributed by atoms with Gasteiger partial charge in [0.1, 0.15) is 0 Å². The fraction of sp³-hybridized carbons (Fsp3) is 0.600. The molecular weight excluding hydrogens is 199 g/mol. The number of carbonyl (C=O) groups is 2. The lowest BCUT2D eigenvalue weighted by Gasteiger charge is -2.16. The van der Waals surface area contributed by atoms with Crippen LogP contribution in [0.5, 0.6) is 0 Å². The summed E-state index contributed by atoms with van der Waals surface area (Å²) in [5, 5.41) is 0. The molecule has 8 heteroatoms. The Balaban J connectivity index is 3.09. The van der Waals surface area contributed by atoms with E-state index in [2.05, 4.69) is 0 Å². The summed E-state index contributed by atoms with van der Waals surface area (Å²) in [7, 11) is -2.23. The highest BCUT2D eigenvalue weighted by Gasteiger charge is 2.50. The van der Waals surface area contributed by atoms with E-state index in [-0.39, 0.29) is 0 Å². The van der Waals surface area contributed by atoms with Gasteiger partial charge in [-0.15, -0.1) is 0 Å². The Morgan fingerprint density at radius 3 is 1.92 bits per heavy atom. The van der Waals surface area contributed by atoms with Gasteiger partial charge in [-0.25, -0.2) is 4.79 Å². The van der Waals surface area contributed by atoms with E-state index in [9.17, 15) is 14.2 Å². The van der Waals surface area contributed by atoms with Gasteiger partial charge in [0.05, 0.1) is 0 Å². The largest absolute Gasteiger partial charge is 0.357 e. The fourth-order valence-corrected chi connectivity index (χ4v) is 2.15. The number of carbonyl (C=O) groups excluding carboxylic acids is 2. The molecule has 0 bridgehead atoms. The highest BCUT2D eigenvalue weighted by Crippen LogP contribution is 2.45. The smallest absolute Gasteiger partial charge is 0.323 e. The summed E-state index contributed by atoms with van der Waals surface area (Å²) in [4.78, 5) is 41.2. The minimum Gasteiger partial charge on any atom is -0.323 e. The number of hydrogen-bond donors (Lipinski definition) is 2. The Bertz CT molecular complexity index is 310. The maximum Gasteiger partial charge on any atom is 0.357 e. The second-order valence-electron chi connectivity index (χ2n) is 2.75. The molecule has 0 radical (unpaired) electrons. The molecule has 0 saturated carbocycles. The van der Waals surface area contributed by atoms with E-state index >= 15 is 0 Å². The average molecular weight is 208 g/mol. The van der Waals surface area contributed by atoms with E-state index in [4.69, 9.17) is 9.79 Å². The molecule has 2 N–H and O–H groups in total. The van der Waals surface area contributed by atoms with E-state index in [1.54, 1.807) is 0 Å². The third-order valence-electron chi connectivity index (χ3n) is 1.83. The number of urea groups is 1. The maximum atomic E-state index is 11.1. The molecule has 0 aromatic heterocycles. The number of likely N-dealkylation sites (N-methyl/N-ethyl adjacent to an activating group) is 2. The highest BCUT2D eigenvalue weighted by atomic mass is 31.2. The number of hydrogen-bond acceptors (Lipinski definition) is 3. The van der Waals surface area contributed by atoms with Crippen LogP contribution in [0.25, 0.3) is 0 Å². The molecule has 1 atom stereocenters. The van der Waals surface area contributed by atoms with Gasteiger partial charge in [-0.1, -0.05) is 0 Å². The Hall–Kier alpha value is -0.910. The van der Waals surface area contributed by atoms with Crippen LogP contribution in [-0.4, -0.2) is 51.4 Å². The molecule has 1 aliphatic rings. The molecule has 7 nitrogen and oxygen atoms in total. The van der Waals surface area contributed by atoms with Crippen molar-refractivity contribution in [3.8, 4) is 0 Å². The van der Waals surface area contributed by atoms with Crippen LogP contribution in [-0.2, 0) is 9.36 Å². The molecule has 74 valence electrons. The van der Waals surface area contributed by atoms with Gasteiger partial charge in [-0.05, 0) is 0 Å². The third kappa shape index (κ3) is 1.46. The van der Waals surface area contributed by atoms with Gasteiger partial charge in [0.2, 0.25) is 5.78 Å². The van der Waals surface area contributed by atoms with Crippen LogP contribution in [0.1, 0.15) is 0 Å². The summed E-state index contributed by atoms with van der Waals surface area (Å²) in [5.41, 5.74) is 0. The van der Waals surface area contributed by atoms with E-state index in [1.165, 1.54) is 14.1 Å². The Labute approximate surface area is 74.1 Å². The van der Waals surface area contributed by atoms with Crippen LogP contribution >= 0.6 is 7.60 Å². The first-order chi connectivity index (χ1) is 5.76. The van der Waals surface area contributed by atoms with Crippen LogP contribution in [0.15, 0.2) is 0 Å². The van der Waals surface area contributed by atoms with Gasteiger partial charge < -0.3 is 14.7 Å². The van der Waals surface area contributed by atoms with Crippen molar-refractivity contribution in [2.24, 2.45) is 0 Å². The molecule has 1 fully saturated rings. The topological polar surface area (TPSA) is 98.2 Å².